The molecule has 2 rings (SSSR count). The van der Waals surface area contributed by atoms with E-state index in [-0.39, 0.29) is 5.91 Å². The van der Waals surface area contributed by atoms with Crippen LogP contribution in [0.25, 0.3) is 0 Å². The molecule has 1 N–H and O–H groups in total. The van der Waals surface area contributed by atoms with Crippen LogP contribution in [0.2, 0.25) is 0 Å². The van der Waals surface area contributed by atoms with Gasteiger partial charge in [0.2, 0.25) is 0 Å². The van der Waals surface area contributed by atoms with Gasteiger partial charge in [-0.25, -0.2) is 0 Å². The van der Waals surface area contributed by atoms with Crippen molar-refractivity contribution in [3.05, 3.63) is 29.8 Å². The summed E-state index contributed by atoms with van der Waals surface area (Å²) >= 11 is 0. The Bertz CT molecular complexity index is 468. The van der Waals surface area contributed by atoms with Crippen molar-refractivity contribution in [3.8, 4) is 5.75 Å². The van der Waals surface area contributed by atoms with Gasteiger partial charge in [0.25, 0.3) is 5.91 Å². The van der Waals surface area contributed by atoms with Crippen LogP contribution in [-0.4, -0.2) is 36.0 Å². The van der Waals surface area contributed by atoms with Gasteiger partial charge >= 0.3 is 0 Å². The van der Waals surface area contributed by atoms with Gasteiger partial charge in [0.05, 0.1) is 0 Å². The lowest BCUT2D eigenvalue weighted by molar-refractivity contribution is -0.136. The average molecular weight is 290 g/mol. The van der Waals surface area contributed by atoms with Gasteiger partial charge in [-0.2, -0.15) is 0 Å². The van der Waals surface area contributed by atoms with E-state index >= 15 is 0 Å². The van der Waals surface area contributed by atoms with Gasteiger partial charge in [-0.1, -0.05) is 26.0 Å². The summed E-state index contributed by atoms with van der Waals surface area (Å²) in [4.78, 5) is 14.1. The largest absolute Gasteiger partial charge is 0.481 e. The Morgan fingerprint density at radius 3 is 2.67 bits per heavy atom. The van der Waals surface area contributed by atoms with Crippen molar-refractivity contribution < 1.29 is 9.53 Å². The number of carbonyl (C=O) groups is 1. The number of hydrogen-bond acceptors (Lipinski definition) is 3. The van der Waals surface area contributed by atoms with Crippen molar-refractivity contribution >= 4 is 5.91 Å². The molecule has 1 fully saturated rings. The molecule has 1 amide bonds. The lowest BCUT2D eigenvalue weighted by Crippen LogP contribution is -2.38. The van der Waals surface area contributed by atoms with Crippen molar-refractivity contribution in [2.24, 2.45) is 0 Å². The lowest BCUT2D eigenvalue weighted by Gasteiger charge is -2.21. The molecule has 1 saturated heterocycles. The summed E-state index contributed by atoms with van der Waals surface area (Å²) in [5, 5.41) is 3.38. The van der Waals surface area contributed by atoms with Crippen molar-refractivity contribution in [3.63, 3.8) is 0 Å². The minimum Gasteiger partial charge on any atom is -0.481 e. The van der Waals surface area contributed by atoms with Crippen LogP contribution < -0.4 is 10.1 Å². The van der Waals surface area contributed by atoms with Crippen LogP contribution in [0.4, 0.5) is 0 Å². The summed E-state index contributed by atoms with van der Waals surface area (Å²) in [6, 6.07) is 8.40. The van der Waals surface area contributed by atoms with Crippen LogP contribution in [0.15, 0.2) is 24.3 Å². The molecular formula is C17H26N2O2. The Hall–Kier alpha value is -1.55. The molecule has 0 radical (unpaired) electrons. The van der Waals surface area contributed by atoms with E-state index in [2.05, 4.69) is 25.2 Å². The number of rotatable bonds is 6. The maximum Gasteiger partial charge on any atom is 0.263 e. The molecule has 0 aliphatic carbocycles. The zero-order valence-electron chi connectivity index (χ0n) is 13.3. The molecule has 1 unspecified atom stereocenters. The van der Waals surface area contributed by atoms with E-state index in [0.29, 0.717) is 6.04 Å². The highest BCUT2D eigenvalue weighted by Gasteiger charge is 2.24. The minimum absolute atomic E-state index is 0.0956. The van der Waals surface area contributed by atoms with Crippen molar-refractivity contribution in [2.45, 2.75) is 52.3 Å². The van der Waals surface area contributed by atoms with E-state index in [1.165, 1.54) is 5.56 Å². The van der Waals surface area contributed by atoms with Crippen LogP contribution in [0.1, 0.15) is 39.2 Å². The third-order valence-corrected chi connectivity index (χ3v) is 3.69. The van der Waals surface area contributed by atoms with Crippen LogP contribution in [0, 0.1) is 0 Å². The first-order chi connectivity index (χ1) is 10.1. The number of amides is 1. The van der Waals surface area contributed by atoms with Crippen LogP contribution in [0.5, 0.6) is 5.75 Å². The topological polar surface area (TPSA) is 41.6 Å². The van der Waals surface area contributed by atoms with Crippen molar-refractivity contribution in [2.75, 3.05) is 13.1 Å². The molecule has 1 aliphatic rings. The fourth-order valence-corrected chi connectivity index (χ4v) is 2.50. The summed E-state index contributed by atoms with van der Waals surface area (Å²) in [6.07, 6.45) is 1.79. The Morgan fingerprint density at radius 2 is 2.00 bits per heavy atom. The van der Waals surface area contributed by atoms with Gasteiger partial charge in [-0.05, 0) is 37.5 Å². The summed E-state index contributed by atoms with van der Waals surface area (Å²) < 4.78 is 5.82. The highest BCUT2D eigenvalue weighted by Crippen LogP contribution is 2.17. The normalized spacial score (nSPS) is 16.3. The summed E-state index contributed by atoms with van der Waals surface area (Å²) in [5.74, 6) is 0.858. The van der Waals surface area contributed by atoms with Gasteiger partial charge in [-0.15, -0.1) is 0 Å². The zero-order chi connectivity index (χ0) is 15.2. The Kier molecular flexibility index (Phi) is 5.62. The average Bonchev–Trinajstić information content (AvgIpc) is 2.98. The second-order valence-electron chi connectivity index (χ2n) is 5.98. The Morgan fingerprint density at radius 1 is 1.29 bits per heavy atom. The molecule has 4 nitrogen and oxygen atoms in total. The number of likely N-dealkylation sites (tertiary alicyclic amines) is 1. The maximum absolute atomic E-state index is 12.2. The fourth-order valence-electron chi connectivity index (χ4n) is 2.50. The van der Waals surface area contributed by atoms with Gasteiger partial charge in [0.15, 0.2) is 6.10 Å². The van der Waals surface area contributed by atoms with Crippen LogP contribution in [0.3, 0.4) is 0 Å². The van der Waals surface area contributed by atoms with E-state index in [1.54, 1.807) is 0 Å². The second kappa shape index (κ2) is 7.46. The number of benzene rings is 1. The van der Waals surface area contributed by atoms with Gasteiger partial charge in [-0.3, -0.25) is 4.79 Å². The number of carbonyl (C=O) groups excluding carboxylic acids is 1. The molecule has 0 bridgehead atoms. The molecule has 1 aromatic rings. The van der Waals surface area contributed by atoms with E-state index < -0.39 is 6.10 Å². The molecule has 0 aromatic heterocycles. The third-order valence-electron chi connectivity index (χ3n) is 3.69. The van der Waals surface area contributed by atoms with Gasteiger partial charge < -0.3 is 15.0 Å². The monoisotopic (exact) mass is 290 g/mol. The zero-order valence-corrected chi connectivity index (χ0v) is 13.3. The summed E-state index contributed by atoms with van der Waals surface area (Å²) in [5.41, 5.74) is 1.17. The summed E-state index contributed by atoms with van der Waals surface area (Å²) in [6.45, 7) is 8.62. The molecule has 1 atom stereocenters. The maximum atomic E-state index is 12.2. The quantitative estimate of drug-likeness (QED) is 0.875. The Labute approximate surface area is 127 Å². The van der Waals surface area contributed by atoms with Crippen LogP contribution in [-0.2, 0) is 11.3 Å². The number of hydrogen-bond donors (Lipinski definition) is 1. The molecule has 1 aliphatic heterocycles. The SMILES string of the molecule is CC(C)NCc1cccc(OC(C)C(=O)N2CCCC2)c1. The second-order valence-corrected chi connectivity index (χ2v) is 5.98. The van der Waals surface area contributed by atoms with Crippen LogP contribution >= 0.6 is 0 Å². The van der Waals surface area contributed by atoms with E-state index in [9.17, 15) is 4.79 Å². The highest BCUT2D eigenvalue weighted by atomic mass is 16.5. The predicted octanol–water partition coefficient (Wildman–Crippen LogP) is 2.57. The van der Waals surface area contributed by atoms with Gasteiger partial charge in [0, 0.05) is 25.7 Å². The molecule has 0 spiro atoms. The summed E-state index contributed by atoms with van der Waals surface area (Å²) in [7, 11) is 0. The molecule has 0 saturated carbocycles. The first-order valence-corrected chi connectivity index (χ1v) is 7.84. The molecule has 116 valence electrons. The standard InChI is InChI=1S/C17H26N2O2/c1-13(2)18-12-15-7-6-8-16(11-15)21-14(3)17(20)19-9-4-5-10-19/h6-8,11,13-14,18H,4-5,9-10,12H2,1-3H3. The third kappa shape index (κ3) is 4.74. The molecule has 4 heteroatoms. The van der Waals surface area contributed by atoms with Gasteiger partial charge in [0.1, 0.15) is 5.75 Å². The predicted molar refractivity (Wildman–Crippen MR) is 84.3 cm³/mol. The molecular weight excluding hydrogens is 264 g/mol. The first-order valence-electron chi connectivity index (χ1n) is 7.84. The molecule has 1 aromatic carbocycles. The first kappa shape index (κ1) is 15.8. The Balaban J connectivity index is 1.92. The van der Waals surface area contributed by atoms with E-state index in [4.69, 9.17) is 4.74 Å². The molecule has 1 heterocycles. The smallest absolute Gasteiger partial charge is 0.263 e. The number of nitrogens with one attached hydrogen (secondary N) is 1. The number of nitrogens with zero attached hydrogens (tertiary/aromatic N) is 1. The highest BCUT2D eigenvalue weighted by molar-refractivity contribution is 5.81. The number of ether oxygens (including phenoxy) is 1. The lowest BCUT2D eigenvalue weighted by atomic mass is 10.2. The fraction of sp³-hybridized carbons (Fsp3) is 0.588. The molecule has 21 heavy (non-hydrogen) atoms. The minimum atomic E-state index is -0.420. The van der Waals surface area contributed by atoms with Crippen molar-refractivity contribution in [1.82, 2.24) is 10.2 Å². The van der Waals surface area contributed by atoms with E-state index in [1.807, 2.05) is 30.0 Å². The van der Waals surface area contributed by atoms with E-state index in [0.717, 1.165) is 38.2 Å². The van der Waals surface area contributed by atoms with Crippen molar-refractivity contribution in [1.29, 1.82) is 0 Å².